The van der Waals surface area contributed by atoms with Crippen molar-refractivity contribution in [3.63, 3.8) is 0 Å². The van der Waals surface area contributed by atoms with E-state index in [0.29, 0.717) is 12.4 Å². The van der Waals surface area contributed by atoms with Gasteiger partial charge < -0.3 is 11.5 Å². The van der Waals surface area contributed by atoms with Crippen LogP contribution >= 0.6 is 0 Å². The number of fused-ring (bicyclic) bond motifs is 1. The molecule has 4 rings (SSSR count). The van der Waals surface area contributed by atoms with Gasteiger partial charge in [-0.1, -0.05) is 12.1 Å². The summed E-state index contributed by atoms with van der Waals surface area (Å²) in [5, 5.41) is 0. The van der Waals surface area contributed by atoms with Crippen LogP contribution in [0.2, 0.25) is 0 Å². The maximum absolute atomic E-state index is 6.07. The molecule has 0 saturated carbocycles. The van der Waals surface area contributed by atoms with Crippen LogP contribution < -0.4 is 11.5 Å². The zero-order valence-electron chi connectivity index (χ0n) is 12.9. The van der Waals surface area contributed by atoms with Crippen LogP contribution in [-0.2, 0) is 6.54 Å². The Bertz CT molecular complexity index is 1000. The lowest BCUT2D eigenvalue weighted by atomic mass is 10.2. The van der Waals surface area contributed by atoms with Crippen molar-refractivity contribution >= 4 is 17.0 Å². The third-order valence-corrected chi connectivity index (χ3v) is 3.93. The Morgan fingerprint density at radius 1 is 0.917 bits per heavy atom. The number of anilines is 1. The average molecular weight is 316 g/mol. The first-order valence-electron chi connectivity index (χ1n) is 7.61. The van der Waals surface area contributed by atoms with E-state index < -0.39 is 0 Å². The molecule has 0 amide bonds. The highest BCUT2D eigenvalue weighted by molar-refractivity contribution is 5.82. The third kappa shape index (κ3) is 2.29. The summed E-state index contributed by atoms with van der Waals surface area (Å²) in [5.41, 5.74) is 16.1. The highest BCUT2D eigenvalue weighted by Gasteiger charge is 2.17. The van der Waals surface area contributed by atoms with Gasteiger partial charge in [0.1, 0.15) is 11.3 Å². The molecule has 0 radical (unpaired) electrons. The molecule has 118 valence electrons. The lowest BCUT2D eigenvalue weighted by Crippen LogP contribution is -2.02. The fourth-order valence-corrected chi connectivity index (χ4v) is 2.73. The first-order valence-corrected chi connectivity index (χ1v) is 7.61. The van der Waals surface area contributed by atoms with Crippen LogP contribution in [-0.4, -0.2) is 19.5 Å². The summed E-state index contributed by atoms with van der Waals surface area (Å²) < 4.78 is 1.99. The summed E-state index contributed by atoms with van der Waals surface area (Å²) in [7, 11) is 0. The van der Waals surface area contributed by atoms with Gasteiger partial charge in [0.05, 0.1) is 5.56 Å². The smallest absolute Gasteiger partial charge is 0.164 e. The first kappa shape index (κ1) is 14.3. The van der Waals surface area contributed by atoms with Crippen molar-refractivity contribution < 1.29 is 0 Å². The van der Waals surface area contributed by atoms with Gasteiger partial charge in [0, 0.05) is 24.6 Å². The third-order valence-electron chi connectivity index (χ3n) is 3.93. The van der Waals surface area contributed by atoms with E-state index in [1.165, 1.54) is 0 Å². The van der Waals surface area contributed by atoms with Gasteiger partial charge in [-0.15, -0.1) is 0 Å². The fraction of sp³-hybridized carbons (Fsp3) is 0.0556. The molecule has 0 aliphatic carbocycles. The molecule has 1 aromatic carbocycles. The van der Waals surface area contributed by atoms with E-state index >= 15 is 0 Å². The number of pyridine rings is 2. The van der Waals surface area contributed by atoms with E-state index in [2.05, 4.69) is 9.97 Å². The van der Waals surface area contributed by atoms with Crippen molar-refractivity contribution in [2.24, 2.45) is 5.73 Å². The Morgan fingerprint density at radius 2 is 1.67 bits per heavy atom. The minimum Gasteiger partial charge on any atom is -0.383 e. The second-order valence-electron chi connectivity index (χ2n) is 5.42. The Labute approximate surface area is 138 Å². The molecule has 0 saturated heterocycles. The standard InChI is InChI=1S/C18H16N6/c19-11-12-5-7-13(8-6-12)24-17(14-3-1-9-21-16(14)20)23-15-4-2-10-22-18(15)24/h1-10H,11,19H2,(H2,20,21). The Kier molecular flexibility index (Phi) is 3.44. The molecule has 3 aromatic heterocycles. The number of rotatable bonds is 3. The van der Waals surface area contributed by atoms with E-state index in [4.69, 9.17) is 16.5 Å². The average Bonchev–Trinajstić information content (AvgIpc) is 3.01. The van der Waals surface area contributed by atoms with Crippen LogP contribution in [0.1, 0.15) is 5.56 Å². The Morgan fingerprint density at radius 3 is 2.42 bits per heavy atom. The number of nitrogen functional groups attached to an aromatic ring is 1. The molecule has 0 atom stereocenters. The first-order chi connectivity index (χ1) is 11.8. The number of imidazole rings is 1. The maximum Gasteiger partial charge on any atom is 0.164 e. The second kappa shape index (κ2) is 5.75. The van der Waals surface area contributed by atoms with E-state index in [9.17, 15) is 0 Å². The number of nitrogens with two attached hydrogens (primary N) is 2. The fourth-order valence-electron chi connectivity index (χ4n) is 2.73. The van der Waals surface area contributed by atoms with Crippen LogP contribution in [0.4, 0.5) is 5.82 Å². The zero-order valence-corrected chi connectivity index (χ0v) is 12.9. The number of hydrogen-bond acceptors (Lipinski definition) is 5. The van der Waals surface area contributed by atoms with Gasteiger partial charge >= 0.3 is 0 Å². The van der Waals surface area contributed by atoms with Gasteiger partial charge in [-0.25, -0.2) is 15.0 Å². The van der Waals surface area contributed by atoms with Crippen molar-refractivity contribution in [1.82, 2.24) is 19.5 Å². The predicted molar refractivity (Wildman–Crippen MR) is 94.4 cm³/mol. The number of nitrogens with zero attached hydrogens (tertiary/aromatic N) is 4. The van der Waals surface area contributed by atoms with Gasteiger partial charge in [0.25, 0.3) is 0 Å². The molecule has 4 N–H and O–H groups in total. The summed E-state index contributed by atoms with van der Waals surface area (Å²) in [6, 6.07) is 15.6. The summed E-state index contributed by atoms with van der Waals surface area (Å²) in [5.74, 6) is 1.16. The van der Waals surface area contributed by atoms with Crippen molar-refractivity contribution in [2.75, 3.05) is 5.73 Å². The van der Waals surface area contributed by atoms with Crippen molar-refractivity contribution in [1.29, 1.82) is 0 Å². The van der Waals surface area contributed by atoms with Gasteiger partial charge in [-0.3, -0.25) is 4.57 Å². The normalized spacial score (nSPS) is 11.0. The van der Waals surface area contributed by atoms with Crippen molar-refractivity contribution in [3.05, 3.63) is 66.5 Å². The van der Waals surface area contributed by atoms with Crippen LogP contribution in [0.25, 0.3) is 28.2 Å². The summed E-state index contributed by atoms with van der Waals surface area (Å²) in [6.45, 7) is 0.506. The van der Waals surface area contributed by atoms with Gasteiger partial charge in [-0.2, -0.15) is 0 Å². The van der Waals surface area contributed by atoms with E-state index in [0.717, 1.165) is 33.8 Å². The maximum atomic E-state index is 6.07. The molecule has 0 bridgehead atoms. The van der Waals surface area contributed by atoms with Crippen molar-refractivity contribution in [2.45, 2.75) is 6.54 Å². The molecule has 6 nitrogen and oxygen atoms in total. The van der Waals surface area contributed by atoms with Gasteiger partial charge in [-0.05, 0) is 42.0 Å². The zero-order chi connectivity index (χ0) is 16.5. The molecular formula is C18H16N6. The predicted octanol–water partition coefficient (Wildman–Crippen LogP) is 2.52. The lowest BCUT2D eigenvalue weighted by molar-refractivity contribution is 1.04. The number of benzene rings is 1. The van der Waals surface area contributed by atoms with E-state index in [-0.39, 0.29) is 0 Å². The molecule has 24 heavy (non-hydrogen) atoms. The molecular weight excluding hydrogens is 300 g/mol. The van der Waals surface area contributed by atoms with E-state index in [1.807, 2.05) is 53.1 Å². The molecule has 0 aliphatic rings. The topological polar surface area (TPSA) is 95.6 Å². The summed E-state index contributed by atoms with van der Waals surface area (Å²) in [6.07, 6.45) is 3.42. The van der Waals surface area contributed by atoms with Gasteiger partial charge in [0.15, 0.2) is 11.5 Å². The number of aromatic nitrogens is 4. The van der Waals surface area contributed by atoms with Crippen molar-refractivity contribution in [3.8, 4) is 17.1 Å². The minimum atomic E-state index is 0.438. The SMILES string of the molecule is NCc1ccc(-n2c(-c3cccnc3N)nc3cccnc32)cc1. The number of hydrogen-bond donors (Lipinski definition) is 2. The highest BCUT2D eigenvalue weighted by atomic mass is 15.1. The molecule has 0 unspecified atom stereocenters. The molecule has 3 heterocycles. The molecule has 0 aliphatic heterocycles. The molecule has 6 heteroatoms. The largest absolute Gasteiger partial charge is 0.383 e. The van der Waals surface area contributed by atoms with Crippen LogP contribution in [0, 0.1) is 0 Å². The molecule has 0 spiro atoms. The van der Waals surface area contributed by atoms with Gasteiger partial charge in [0.2, 0.25) is 0 Å². The molecule has 0 fully saturated rings. The van der Waals surface area contributed by atoms with Crippen LogP contribution in [0.15, 0.2) is 60.9 Å². The minimum absolute atomic E-state index is 0.438. The monoisotopic (exact) mass is 316 g/mol. The Balaban J connectivity index is 2.01. The molecule has 4 aromatic rings. The van der Waals surface area contributed by atoms with Crippen LogP contribution in [0.3, 0.4) is 0 Å². The van der Waals surface area contributed by atoms with E-state index in [1.54, 1.807) is 12.4 Å². The van der Waals surface area contributed by atoms with Crippen LogP contribution in [0.5, 0.6) is 0 Å². The second-order valence-corrected chi connectivity index (χ2v) is 5.42. The summed E-state index contributed by atoms with van der Waals surface area (Å²) in [4.78, 5) is 13.4. The summed E-state index contributed by atoms with van der Waals surface area (Å²) >= 11 is 0. The highest BCUT2D eigenvalue weighted by Crippen LogP contribution is 2.29. The Hall–Kier alpha value is -3.25. The lowest BCUT2D eigenvalue weighted by Gasteiger charge is -2.10. The quantitative estimate of drug-likeness (QED) is 0.605.